The molecule has 0 bridgehead atoms. The van der Waals surface area contributed by atoms with Gasteiger partial charge in [-0.05, 0) is 43.5 Å². The molecule has 0 radical (unpaired) electrons. The standard InChI is InChI=1S/C25H27ClFNO5/c1-4-6-17(13-29)28-12-19(25(31)32)24(30)18-10-16(22(11-21(18)28)33-14(2)3)9-15-7-5-8-20(26)23(15)27/h5,7-8,10-12,14,17,29H,4,6,9,13H2,1-3H3,(H,31,32). The Kier molecular flexibility index (Phi) is 7.76. The molecule has 0 spiro atoms. The van der Waals surface area contributed by atoms with Gasteiger partial charge in [-0.25, -0.2) is 9.18 Å². The maximum absolute atomic E-state index is 14.6. The van der Waals surface area contributed by atoms with Crippen molar-refractivity contribution in [1.82, 2.24) is 4.57 Å². The molecule has 0 aliphatic carbocycles. The zero-order valence-electron chi connectivity index (χ0n) is 18.8. The Bertz CT molecular complexity index is 1240. The molecule has 176 valence electrons. The molecule has 2 N–H and O–H groups in total. The van der Waals surface area contributed by atoms with E-state index in [4.69, 9.17) is 16.3 Å². The van der Waals surface area contributed by atoms with Gasteiger partial charge in [-0.15, -0.1) is 0 Å². The molecule has 8 heteroatoms. The van der Waals surface area contributed by atoms with Crippen LogP contribution in [0.3, 0.4) is 0 Å². The fraction of sp³-hybridized carbons (Fsp3) is 0.360. The van der Waals surface area contributed by atoms with Gasteiger partial charge in [0.2, 0.25) is 5.43 Å². The first-order valence-electron chi connectivity index (χ1n) is 10.8. The van der Waals surface area contributed by atoms with Gasteiger partial charge in [0.25, 0.3) is 0 Å². The van der Waals surface area contributed by atoms with Crippen LogP contribution < -0.4 is 10.2 Å². The lowest BCUT2D eigenvalue weighted by atomic mass is 9.99. The van der Waals surface area contributed by atoms with Crippen molar-refractivity contribution in [3.05, 3.63) is 74.3 Å². The number of fused-ring (bicyclic) bond motifs is 1. The normalized spacial score (nSPS) is 12.3. The smallest absolute Gasteiger partial charge is 0.341 e. The van der Waals surface area contributed by atoms with E-state index in [0.29, 0.717) is 28.8 Å². The summed E-state index contributed by atoms with van der Waals surface area (Å²) in [5.74, 6) is -1.47. The number of aliphatic hydroxyl groups is 1. The van der Waals surface area contributed by atoms with Gasteiger partial charge >= 0.3 is 5.97 Å². The van der Waals surface area contributed by atoms with Crippen LogP contribution >= 0.6 is 11.6 Å². The number of hydrogen-bond acceptors (Lipinski definition) is 4. The molecule has 1 unspecified atom stereocenters. The molecule has 0 amide bonds. The van der Waals surface area contributed by atoms with Gasteiger partial charge in [-0.2, -0.15) is 0 Å². The third kappa shape index (κ3) is 5.20. The average molecular weight is 476 g/mol. The highest BCUT2D eigenvalue weighted by molar-refractivity contribution is 6.30. The first-order valence-corrected chi connectivity index (χ1v) is 11.2. The first kappa shape index (κ1) is 24.7. The number of rotatable bonds is 9. The monoisotopic (exact) mass is 475 g/mol. The predicted octanol–water partition coefficient (Wildman–Crippen LogP) is 5.20. The van der Waals surface area contributed by atoms with Crippen molar-refractivity contribution in [2.24, 2.45) is 0 Å². The number of hydrogen-bond donors (Lipinski definition) is 2. The van der Waals surface area contributed by atoms with Crippen LogP contribution in [0.25, 0.3) is 10.9 Å². The lowest BCUT2D eigenvalue weighted by molar-refractivity contribution is 0.0694. The zero-order chi connectivity index (χ0) is 24.3. The Labute approximate surface area is 196 Å². The van der Waals surface area contributed by atoms with Gasteiger partial charge in [0.05, 0.1) is 29.3 Å². The number of carboxylic acids is 1. The molecule has 33 heavy (non-hydrogen) atoms. The number of halogens is 2. The van der Waals surface area contributed by atoms with Crippen molar-refractivity contribution >= 4 is 28.5 Å². The summed E-state index contributed by atoms with van der Waals surface area (Å²) in [6, 6.07) is 7.49. The maximum Gasteiger partial charge on any atom is 0.341 e. The van der Waals surface area contributed by atoms with E-state index in [1.807, 2.05) is 20.8 Å². The van der Waals surface area contributed by atoms with Crippen LogP contribution in [0.1, 0.15) is 61.1 Å². The number of pyridine rings is 1. The van der Waals surface area contributed by atoms with Crippen LogP contribution in [0.4, 0.5) is 4.39 Å². The molecule has 3 aromatic rings. The van der Waals surface area contributed by atoms with Gasteiger partial charge in [-0.3, -0.25) is 4.79 Å². The number of nitrogens with zero attached hydrogens (tertiary/aromatic N) is 1. The summed E-state index contributed by atoms with van der Waals surface area (Å²) in [5, 5.41) is 19.7. The summed E-state index contributed by atoms with van der Waals surface area (Å²) in [6.07, 6.45) is 2.51. The molecular weight excluding hydrogens is 449 g/mol. The number of aromatic carboxylic acids is 1. The molecule has 3 rings (SSSR count). The Hall–Kier alpha value is -2.90. The molecular formula is C25H27ClFNO5. The van der Waals surface area contributed by atoms with Crippen LogP contribution in [-0.2, 0) is 6.42 Å². The molecule has 0 fully saturated rings. The Morgan fingerprint density at radius 3 is 2.58 bits per heavy atom. The van der Waals surface area contributed by atoms with E-state index in [1.165, 1.54) is 12.3 Å². The van der Waals surface area contributed by atoms with Crippen LogP contribution in [0.2, 0.25) is 5.02 Å². The van der Waals surface area contributed by atoms with Crippen molar-refractivity contribution in [2.75, 3.05) is 6.61 Å². The lowest BCUT2D eigenvalue weighted by Gasteiger charge is -2.23. The van der Waals surface area contributed by atoms with Crippen LogP contribution in [0.5, 0.6) is 5.75 Å². The number of carboxylic acid groups (broad SMARTS) is 1. The van der Waals surface area contributed by atoms with Crippen molar-refractivity contribution in [2.45, 2.75) is 52.2 Å². The molecule has 1 aromatic heterocycles. The van der Waals surface area contributed by atoms with Gasteiger partial charge in [-0.1, -0.05) is 37.1 Å². The number of aromatic nitrogens is 1. The van der Waals surface area contributed by atoms with Crippen LogP contribution in [0, 0.1) is 5.82 Å². The van der Waals surface area contributed by atoms with E-state index < -0.39 is 28.8 Å². The van der Waals surface area contributed by atoms with E-state index >= 15 is 0 Å². The number of aliphatic hydroxyl groups excluding tert-OH is 1. The highest BCUT2D eigenvalue weighted by Crippen LogP contribution is 2.31. The second-order valence-corrected chi connectivity index (χ2v) is 8.65. The fourth-order valence-electron chi connectivity index (χ4n) is 3.92. The highest BCUT2D eigenvalue weighted by Gasteiger charge is 2.22. The number of ether oxygens (including phenoxy) is 1. The highest BCUT2D eigenvalue weighted by atomic mass is 35.5. The van der Waals surface area contributed by atoms with Crippen LogP contribution in [-0.4, -0.2) is 33.5 Å². The van der Waals surface area contributed by atoms with Crippen LogP contribution in [0.15, 0.2) is 41.3 Å². The van der Waals surface area contributed by atoms with Gasteiger partial charge in [0.1, 0.15) is 17.1 Å². The summed E-state index contributed by atoms with van der Waals surface area (Å²) in [7, 11) is 0. The van der Waals surface area contributed by atoms with Gasteiger partial charge in [0.15, 0.2) is 0 Å². The third-order valence-electron chi connectivity index (χ3n) is 5.45. The van der Waals surface area contributed by atoms with E-state index in [2.05, 4.69) is 0 Å². The maximum atomic E-state index is 14.6. The van der Waals surface area contributed by atoms with Crippen molar-refractivity contribution < 1.29 is 24.1 Å². The summed E-state index contributed by atoms with van der Waals surface area (Å²) in [6.45, 7) is 5.43. The van der Waals surface area contributed by atoms with Crippen molar-refractivity contribution in [1.29, 1.82) is 0 Å². The van der Waals surface area contributed by atoms with Crippen molar-refractivity contribution in [3.63, 3.8) is 0 Å². The van der Waals surface area contributed by atoms with E-state index in [9.17, 15) is 24.2 Å². The summed E-state index contributed by atoms with van der Waals surface area (Å²) >= 11 is 5.93. The number of carbonyl (C=O) groups is 1. The summed E-state index contributed by atoms with van der Waals surface area (Å²) in [5.41, 5.74) is 0.257. The topological polar surface area (TPSA) is 88.8 Å². The molecule has 0 aliphatic rings. The molecule has 2 aromatic carbocycles. The lowest BCUT2D eigenvalue weighted by Crippen LogP contribution is -2.23. The number of benzene rings is 2. The van der Waals surface area contributed by atoms with Gasteiger partial charge < -0.3 is 19.5 Å². The first-order chi connectivity index (χ1) is 15.7. The van der Waals surface area contributed by atoms with Crippen molar-refractivity contribution in [3.8, 4) is 5.75 Å². The summed E-state index contributed by atoms with van der Waals surface area (Å²) in [4.78, 5) is 24.8. The average Bonchev–Trinajstić information content (AvgIpc) is 2.76. The van der Waals surface area contributed by atoms with E-state index in [1.54, 1.807) is 28.8 Å². The Morgan fingerprint density at radius 2 is 1.97 bits per heavy atom. The Morgan fingerprint density at radius 1 is 1.24 bits per heavy atom. The minimum absolute atomic E-state index is 0.0134. The molecule has 0 saturated carbocycles. The molecule has 0 aliphatic heterocycles. The largest absolute Gasteiger partial charge is 0.491 e. The molecule has 0 saturated heterocycles. The second-order valence-electron chi connectivity index (χ2n) is 8.24. The van der Waals surface area contributed by atoms with E-state index in [-0.39, 0.29) is 29.5 Å². The van der Waals surface area contributed by atoms with Gasteiger partial charge in [0, 0.05) is 24.1 Å². The molecule has 1 heterocycles. The second kappa shape index (κ2) is 10.4. The Balaban J connectivity index is 2.33. The SMILES string of the molecule is CCCC(CO)n1cc(C(=O)O)c(=O)c2cc(Cc3cccc(Cl)c3F)c(OC(C)C)cc21. The third-order valence-corrected chi connectivity index (χ3v) is 5.74. The fourth-order valence-corrected chi connectivity index (χ4v) is 4.11. The minimum atomic E-state index is -1.35. The quantitative estimate of drug-likeness (QED) is 0.444. The molecule has 6 nitrogen and oxygen atoms in total. The molecule has 1 atom stereocenters. The summed E-state index contributed by atoms with van der Waals surface area (Å²) < 4.78 is 22.2. The van der Waals surface area contributed by atoms with E-state index in [0.717, 1.165) is 6.42 Å². The zero-order valence-corrected chi connectivity index (χ0v) is 19.5. The minimum Gasteiger partial charge on any atom is -0.491 e. The predicted molar refractivity (Wildman–Crippen MR) is 126 cm³/mol.